The maximum Gasteiger partial charge on any atom is 0.331 e. The standard InChI is InChI=1S/C17H19FN2O4/c1-12(17(22)20(2)10-4-9-19)24-16(21)8-6-13-5-7-15(23-3)14(18)11-13/h5-8,11-12H,4,10H2,1-3H3/b8-6+/t12-/m0/s1. The number of hydrogen-bond acceptors (Lipinski definition) is 5. The molecule has 1 aromatic rings. The molecule has 0 unspecified atom stereocenters. The summed E-state index contributed by atoms with van der Waals surface area (Å²) in [6, 6.07) is 6.17. The molecule has 1 amide bonds. The first-order chi connectivity index (χ1) is 11.4. The van der Waals surface area contributed by atoms with E-state index in [-0.39, 0.29) is 18.7 Å². The molecule has 1 rings (SSSR count). The Labute approximate surface area is 140 Å². The third-order valence-electron chi connectivity index (χ3n) is 3.16. The van der Waals surface area contributed by atoms with Gasteiger partial charge in [0.25, 0.3) is 5.91 Å². The Balaban J connectivity index is 2.60. The second kappa shape index (κ2) is 9.30. The van der Waals surface area contributed by atoms with Crippen LogP contribution in [0.3, 0.4) is 0 Å². The van der Waals surface area contributed by atoms with Crippen LogP contribution in [0.1, 0.15) is 18.9 Å². The zero-order valence-electron chi connectivity index (χ0n) is 13.8. The smallest absolute Gasteiger partial charge is 0.331 e. The maximum absolute atomic E-state index is 13.5. The summed E-state index contributed by atoms with van der Waals surface area (Å²) in [4.78, 5) is 25.0. The molecular formula is C17H19FN2O4. The Morgan fingerprint density at radius 1 is 1.46 bits per heavy atom. The van der Waals surface area contributed by atoms with Crippen LogP contribution in [0.2, 0.25) is 0 Å². The second-order valence-corrected chi connectivity index (χ2v) is 4.97. The van der Waals surface area contributed by atoms with E-state index in [1.807, 2.05) is 6.07 Å². The number of ether oxygens (including phenoxy) is 2. The van der Waals surface area contributed by atoms with E-state index in [9.17, 15) is 14.0 Å². The first-order valence-corrected chi connectivity index (χ1v) is 7.23. The minimum atomic E-state index is -0.974. The maximum atomic E-state index is 13.5. The molecule has 128 valence electrons. The van der Waals surface area contributed by atoms with Crippen LogP contribution in [-0.2, 0) is 14.3 Å². The highest BCUT2D eigenvalue weighted by Crippen LogP contribution is 2.18. The fourth-order valence-electron chi connectivity index (χ4n) is 1.85. The van der Waals surface area contributed by atoms with Crippen LogP contribution in [0, 0.1) is 17.1 Å². The summed E-state index contributed by atoms with van der Waals surface area (Å²) in [5.74, 6) is -1.56. The van der Waals surface area contributed by atoms with E-state index >= 15 is 0 Å². The van der Waals surface area contributed by atoms with Gasteiger partial charge < -0.3 is 14.4 Å². The lowest BCUT2D eigenvalue weighted by Crippen LogP contribution is -2.37. The Bertz CT molecular complexity index is 667. The first-order valence-electron chi connectivity index (χ1n) is 7.23. The van der Waals surface area contributed by atoms with Crippen molar-refractivity contribution in [3.05, 3.63) is 35.7 Å². The van der Waals surface area contributed by atoms with Gasteiger partial charge in [-0.1, -0.05) is 6.07 Å². The highest BCUT2D eigenvalue weighted by atomic mass is 19.1. The number of carbonyl (C=O) groups is 2. The van der Waals surface area contributed by atoms with Gasteiger partial charge in [0.1, 0.15) is 0 Å². The van der Waals surface area contributed by atoms with Gasteiger partial charge >= 0.3 is 5.97 Å². The molecule has 0 spiro atoms. The number of esters is 1. The Morgan fingerprint density at radius 3 is 2.75 bits per heavy atom. The van der Waals surface area contributed by atoms with E-state index in [2.05, 4.69) is 0 Å². The molecule has 0 saturated heterocycles. The van der Waals surface area contributed by atoms with Gasteiger partial charge in [0, 0.05) is 19.7 Å². The number of rotatable bonds is 7. The van der Waals surface area contributed by atoms with Crippen molar-refractivity contribution in [3.63, 3.8) is 0 Å². The SMILES string of the molecule is COc1ccc(/C=C/C(=O)O[C@@H](C)C(=O)N(C)CCC#N)cc1F. The number of benzene rings is 1. The molecule has 1 aromatic carbocycles. The first kappa shape index (κ1) is 19.2. The normalized spacial score (nSPS) is 11.6. The van der Waals surface area contributed by atoms with Crippen LogP contribution in [0.4, 0.5) is 4.39 Å². The molecule has 0 heterocycles. The average Bonchev–Trinajstić information content (AvgIpc) is 2.57. The molecule has 0 radical (unpaired) electrons. The van der Waals surface area contributed by atoms with Gasteiger partial charge in [-0.15, -0.1) is 0 Å². The topological polar surface area (TPSA) is 79.6 Å². The molecule has 0 aliphatic heterocycles. The molecule has 0 saturated carbocycles. The summed E-state index contributed by atoms with van der Waals surface area (Å²) >= 11 is 0. The summed E-state index contributed by atoms with van der Waals surface area (Å²) in [5.41, 5.74) is 0.454. The highest BCUT2D eigenvalue weighted by Gasteiger charge is 2.20. The van der Waals surface area contributed by atoms with Crippen molar-refractivity contribution in [3.8, 4) is 11.8 Å². The third-order valence-corrected chi connectivity index (χ3v) is 3.16. The van der Waals surface area contributed by atoms with Crippen LogP contribution in [0.25, 0.3) is 6.08 Å². The lowest BCUT2D eigenvalue weighted by molar-refractivity contribution is -0.154. The molecular weight excluding hydrogens is 315 g/mol. The predicted octanol–water partition coefficient (Wildman–Crippen LogP) is 2.15. The van der Waals surface area contributed by atoms with Crippen molar-refractivity contribution in [1.82, 2.24) is 4.90 Å². The van der Waals surface area contributed by atoms with Gasteiger partial charge in [-0.2, -0.15) is 5.26 Å². The van der Waals surface area contributed by atoms with E-state index in [0.29, 0.717) is 5.56 Å². The van der Waals surface area contributed by atoms with E-state index in [0.717, 1.165) is 6.08 Å². The van der Waals surface area contributed by atoms with Gasteiger partial charge in [-0.25, -0.2) is 9.18 Å². The fraction of sp³-hybridized carbons (Fsp3) is 0.353. The molecule has 1 atom stereocenters. The molecule has 0 aromatic heterocycles. The molecule has 6 nitrogen and oxygen atoms in total. The van der Waals surface area contributed by atoms with E-state index in [1.165, 1.54) is 44.2 Å². The van der Waals surface area contributed by atoms with Crippen molar-refractivity contribution in [2.24, 2.45) is 0 Å². The molecule has 24 heavy (non-hydrogen) atoms. The van der Waals surface area contributed by atoms with Crippen LogP contribution in [0.5, 0.6) is 5.75 Å². The zero-order valence-corrected chi connectivity index (χ0v) is 13.8. The number of methoxy groups -OCH3 is 1. The average molecular weight is 334 g/mol. The van der Waals surface area contributed by atoms with Gasteiger partial charge in [0.2, 0.25) is 0 Å². The van der Waals surface area contributed by atoms with Crippen molar-refractivity contribution < 1.29 is 23.5 Å². The van der Waals surface area contributed by atoms with Gasteiger partial charge in [0.15, 0.2) is 17.7 Å². The third kappa shape index (κ3) is 5.72. The second-order valence-electron chi connectivity index (χ2n) is 4.97. The number of halogens is 1. The Hall–Kier alpha value is -2.88. The summed E-state index contributed by atoms with van der Waals surface area (Å²) < 4.78 is 23.3. The summed E-state index contributed by atoms with van der Waals surface area (Å²) in [5, 5.41) is 8.49. The number of nitrogens with zero attached hydrogens (tertiary/aromatic N) is 2. The van der Waals surface area contributed by atoms with Crippen molar-refractivity contribution in [2.75, 3.05) is 20.7 Å². The highest BCUT2D eigenvalue weighted by molar-refractivity contribution is 5.90. The molecule has 0 N–H and O–H groups in total. The molecule has 0 aliphatic rings. The van der Waals surface area contributed by atoms with Crippen molar-refractivity contribution >= 4 is 18.0 Å². The van der Waals surface area contributed by atoms with Gasteiger partial charge in [-0.05, 0) is 30.7 Å². The summed E-state index contributed by atoms with van der Waals surface area (Å²) in [7, 11) is 2.89. The number of hydrogen-bond donors (Lipinski definition) is 0. The minimum Gasteiger partial charge on any atom is -0.494 e. The van der Waals surface area contributed by atoms with Crippen molar-refractivity contribution in [1.29, 1.82) is 5.26 Å². The fourth-order valence-corrected chi connectivity index (χ4v) is 1.85. The number of likely N-dealkylation sites (N-methyl/N-ethyl adjacent to an activating group) is 1. The monoisotopic (exact) mass is 334 g/mol. The van der Waals surface area contributed by atoms with Gasteiger partial charge in [0.05, 0.1) is 19.6 Å². The molecule has 0 bridgehead atoms. The minimum absolute atomic E-state index is 0.106. The summed E-state index contributed by atoms with van der Waals surface area (Å²) in [6.45, 7) is 1.71. The number of carbonyl (C=O) groups excluding carboxylic acids is 2. The van der Waals surface area contributed by atoms with Crippen LogP contribution < -0.4 is 4.74 Å². The van der Waals surface area contributed by atoms with E-state index in [1.54, 1.807) is 6.07 Å². The lowest BCUT2D eigenvalue weighted by atomic mass is 10.2. The summed E-state index contributed by atoms with van der Waals surface area (Å²) in [6.07, 6.45) is 1.71. The zero-order chi connectivity index (χ0) is 18.1. The quantitative estimate of drug-likeness (QED) is 0.564. The van der Waals surface area contributed by atoms with Crippen LogP contribution >= 0.6 is 0 Å². The van der Waals surface area contributed by atoms with Crippen LogP contribution in [0.15, 0.2) is 24.3 Å². The van der Waals surface area contributed by atoms with Crippen LogP contribution in [-0.4, -0.2) is 43.6 Å². The Kier molecular flexibility index (Phi) is 7.43. The molecule has 7 heteroatoms. The van der Waals surface area contributed by atoms with E-state index < -0.39 is 23.8 Å². The van der Waals surface area contributed by atoms with Gasteiger partial charge in [-0.3, -0.25) is 4.79 Å². The Morgan fingerprint density at radius 2 is 2.17 bits per heavy atom. The number of amides is 1. The lowest BCUT2D eigenvalue weighted by Gasteiger charge is -2.19. The number of nitriles is 1. The van der Waals surface area contributed by atoms with E-state index in [4.69, 9.17) is 14.7 Å². The molecule has 0 aliphatic carbocycles. The van der Waals surface area contributed by atoms with Crippen molar-refractivity contribution in [2.45, 2.75) is 19.4 Å². The predicted molar refractivity (Wildman–Crippen MR) is 85.4 cm³/mol. The molecule has 0 fully saturated rings. The largest absolute Gasteiger partial charge is 0.494 e.